The minimum atomic E-state index is -0.706. The monoisotopic (exact) mass is 350 g/mol. The quantitative estimate of drug-likeness (QED) is 0.841. The lowest BCUT2D eigenvalue weighted by Crippen LogP contribution is -2.45. The van der Waals surface area contributed by atoms with Gasteiger partial charge in [-0.25, -0.2) is 0 Å². The van der Waals surface area contributed by atoms with Gasteiger partial charge in [0.25, 0.3) is 5.91 Å². The Morgan fingerprint density at radius 1 is 0.962 bits per heavy atom. The predicted molar refractivity (Wildman–Crippen MR) is 93.7 cm³/mol. The number of ether oxygens (including phenoxy) is 1. The molecule has 0 bridgehead atoms. The zero-order chi connectivity index (χ0) is 18.1. The summed E-state index contributed by atoms with van der Waals surface area (Å²) in [6.07, 6.45) is 1.76. The highest BCUT2D eigenvalue weighted by Crippen LogP contribution is 2.32. The normalized spacial score (nSPS) is 19.2. The van der Waals surface area contributed by atoms with Crippen molar-refractivity contribution in [1.82, 2.24) is 10.2 Å². The van der Waals surface area contributed by atoms with Crippen molar-refractivity contribution in [3.8, 4) is 11.5 Å². The van der Waals surface area contributed by atoms with Crippen LogP contribution in [0.25, 0.3) is 0 Å². The lowest BCUT2D eigenvalue weighted by Gasteiger charge is -2.26. The highest BCUT2D eigenvalue weighted by Gasteiger charge is 2.44. The van der Waals surface area contributed by atoms with Crippen LogP contribution in [0.15, 0.2) is 54.6 Å². The van der Waals surface area contributed by atoms with E-state index in [1.807, 2.05) is 30.3 Å². The number of nitrogens with one attached hydrogen (secondary N) is 1. The molecule has 1 saturated carbocycles. The molecule has 0 aromatic heterocycles. The van der Waals surface area contributed by atoms with Crippen LogP contribution in [0.5, 0.6) is 11.5 Å². The minimum Gasteiger partial charge on any atom is -0.457 e. The zero-order valence-electron chi connectivity index (χ0n) is 14.1. The molecule has 1 N–H and O–H groups in total. The smallest absolute Gasteiger partial charge is 0.254 e. The number of hydrogen-bond donors (Lipinski definition) is 1. The van der Waals surface area contributed by atoms with Crippen molar-refractivity contribution >= 4 is 17.7 Å². The van der Waals surface area contributed by atoms with Crippen molar-refractivity contribution in [3.05, 3.63) is 60.2 Å². The van der Waals surface area contributed by atoms with Crippen LogP contribution in [0, 0.1) is 0 Å². The van der Waals surface area contributed by atoms with E-state index in [-0.39, 0.29) is 30.2 Å². The van der Waals surface area contributed by atoms with E-state index in [9.17, 15) is 14.4 Å². The van der Waals surface area contributed by atoms with Gasteiger partial charge in [0.15, 0.2) is 0 Å². The zero-order valence-corrected chi connectivity index (χ0v) is 14.1. The Balaban J connectivity index is 1.51. The molecule has 2 fully saturated rings. The van der Waals surface area contributed by atoms with Crippen molar-refractivity contribution in [2.24, 2.45) is 0 Å². The van der Waals surface area contributed by atoms with Gasteiger partial charge in [0.2, 0.25) is 11.8 Å². The van der Waals surface area contributed by atoms with Crippen LogP contribution < -0.4 is 10.1 Å². The standard InChI is InChI=1S/C20H18N2O4/c23-18-12-17(19(24)21-18)22(14-8-9-14)20(25)13-6-10-16(11-7-13)26-15-4-2-1-3-5-15/h1-7,10-11,14,17H,8-9,12H2,(H,21,23,24)/t17-/m0/s1. The van der Waals surface area contributed by atoms with Crippen LogP contribution >= 0.6 is 0 Å². The third-order valence-corrected chi connectivity index (χ3v) is 4.53. The van der Waals surface area contributed by atoms with Crippen LogP contribution in [0.2, 0.25) is 0 Å². The van der Waals surface area contributed by atoms with Crippen molar-refractivity contribution in [2.45, 2.75) is 31.3 Å². The molecule has 1 aliphatic heterocycles. The molecule has 0 unspecified atom stereocenters. The summed E-state index contributed by atoms with van der Waals surface area (Å²) in [5.41, 5.74) is 0.476. The summed E-state index contributed by atoms with van der Waals surface area (Å²) in [7, 11) is 0. The molecule has 2 aliphatic rings. The Hall–Kier alpha value is -3.15. The van der Waals surface area contributed by atoms with Crippen LogP contribution in [-0.2, 0) is 9.59 Å². The predicted octanol–water partition coefficient (Wildman–Crippen LogP) is 2.50. The van der Waals surface area contributed by atoms with E-state index in [0.29, 0.717) is 17.1 Å². The van der Waals surface area contributed by atoms with Crippen LogP contribution in [0.3, 0.4) is 0 Å². The Kier molecular flexibility index (Phi) is 4.16. The maximum atomic E-state index is 12.9. The summed E-state index contributed by atoms with van der Waals surface area (Å²) < 4.78 is 5.73. The summed E-state index contributed by atoms with van der Waals surface area (Å²) in [5.74, 6) is 0.393. The van der Waals surface area contributed by atoms with Gasteiger partial charge < -0.3 is 9.64 Å². The van der Waals surface area contributed by atoms with Gasteiger partial charge in [-0.15, -0.1) is 0 Å². The molecule has 3 amide bonds. The second kappa shape index (κ2) is 6.63. The number of nitrogens with zero attached hydrogens (tertiary/aromatic N) is 1. The maximum Gasteiger partial charge on any atom is 0.254 e. The molecule has 132 valence electrons. The molecule has 1 aliphatic carbocycles. The fourth-order valence-electron chi connectivity index (χ4n) is 3.12. The van der Waals surface area contributed by atoms with Crippen molar-refractivity contribution in [2.75, 3.05) is 0 Å². The van der Waals surface area contributed by atoms with Gasteiger partial charge in [-0.3, -0.25) is 19.7 Å². The fraction of sp³-hybridized carbons (Fsp3) is 0.250. The van der Waals surface area contributed by atoms with Gasteiger partial charge in [0, 0.05) is 11.6 Å². The Labute approximate surface area is 150 Å². The van der Waals surface area contributed by atoms with Crippen molar-refractivity contribution in [3.63, 3.8) is 0 Å². The average Bonchev–Trinajstić information content (AvgIpc) is 3.41. The van der Waals surface area contributed by atoms with Crippen LogP contribution in [0.1, 0.15) is 29.6 Å². The van der Waals surface area contributed by atoms with Crippen LogP contribution in [0.4, 0.5) is 0 Å². The van der Waals surface area contributed by atoms with Gasteiger partial charge >= 0.3 is 0 Å². The summed E-state index contributed by atoms with van der Waals surface area (Å²) in [4.78, 5) is 38.0. The van der Waals surface area contributed by atoms with Crippen molar-refractivity contribution < 1.29 is 19.1 Å². The van der Waals surface area contributed by atoms with E-state index in [2.05, 4.69) is 5.32 Å². The van der Waals surface area contributed by atoms with E-state index < -0.39 is 6.04 Å². The number of imide groups is 1. The third-order valence-electron chi connectivity index (χ3n) is 4.53. The van der Waals surface area contributed by atoms with E-state index in [1.165, 1.54) is 0 Å². The number of carbonyl (C=O) groups excluding carboxylic acids is 3. The van der Waals surface area contributed by atoms with Gasteiger partial charge in [-0.2, -0.15) is 0 Å². The average molecular weight is 350 g/mol. The summed E-state index contributed by atoms with van der Waals surface area (Å²) in [6, 6.07) is 15.5. The second-order valence-corrected chi connectivity index (χ2v) is 6.52. The fourth-order valence-corrected chi connectivity index (χ4v) is 3.12. The molecule has 4 rings (SSSR count). The first kappa shape index (κ1) is 16.3. The molecule has 1 saturated heterocycles. The molecule has 6 nitrogen and oxygen atoms in total. The lowest BCUT2D eigenvalue weighted by molar-refractivity contribution is -0.126. The highest BCUT2D eigenvalue weighted by atomic mass is 16.5. The van der Waals surface area contributed by atoms with E-state index >= 15 is 0 Å². The molecule has 26 heavy (non-hydrogen) atoms. The van der Waals surface area contributed by atoms with Gasteiger partial charge in [-0.05, 0) is 49.2 Å². The summed E-state index contributed by atoms with van der Waals surface area (Å²) >= 11 is 0. The molecule has 1 heterocycles. The number of rotatable bonds is 5. The molecule has 2 aromatic rings. The SMILES string of the molecule is O=C1C[C@H](N(C(=O)c2ccc(Oc3ccccc3)cc2)C2CC2)C(=O)N1. The van der Waals surface area contributed by atoms with Crippen LogP contribution in [-0.4, -0.2) is 34.7 Å². The molecule has 0 spiro atoms. The van der Waals surface area contributed by atoms with Crippen molar-refractivity contribution in [1.29, 1.82) is 0 Å². The summed E-state index contributed by atoms with van der Waals surface area (Å²) in [6.45, 7) is 0. The molecule has 0 radical (unpaired) electrons. The first-order valence-electron chi connectivity index (χ1n) is 8.61. The Morgan fingerprint density at radius 3 is 2.19 bits per heavy atom. The number of carbonyl (C=O) groups is 3. The Bertz CT molecular complexity index is 844. The van der Waals surface area contributed by atoms with Gasteiger partial charge in [0.05, 0.1) is 6.42 Å². The molecular formula is C20H18N2O4. The Morgan fingerprint density at radius 2 is 1.62 bits per heavy atom. The number of para-hydroxylation sites is 1. The first-order chi connectivity index (χ1) is 12.6. The van der Waals surface area contributed by atoms with Gasteiger partial charge in [-0.1, -0.05) is 18.2 Å². The van der Waals surface area contributed by atoms with E-state index in [0.717, 1.165) is 12.8 Å². The molecule has 1 atom stereocenters. The number of hydrogen-bond acceptors (Lipinski definition) is 4. The lowest BCUT2D eigenvalue weighted by atomic mass is 10.1. The second-order valence-electron chi connectivity index (χ2n) is 6.52. The van der Waals surface area contributed by atoms with E-state index in [4.69, 9.17) is 4.74 Å². The molecule has 2 aromatic carbocycles. The van der Waals surface area contributed by atoms with E-state index in [1.54, 1.807) is 29.2 Å². The molecular weight excluding hydrogens is 332 g/mol. The maximum absolute atomic E-state index is 12.9. The highest BCUT2D eigenvalue weighted by molar-refractivity contribution is 6.08. The number of benzene rings is 2. The third kappa shape index (κ3) is 3.31. The van der Waals surface area contributed by atoms with Gasteiger partial charge in [0.1, 0.15) is 17.5 Å². The first-order valence-corrected chi connectivity index (χ1v) is 8.61. The molecule has 6 heteroatoms. The minimum absolute atomic E-state index is 0.0318. The topological polar surface area (TPSA) is 75.7 Å². The largest absolute Gasteiger partial charge is 0.457 e. The number of amides is 3. The summed E-state index contributed by atoms with van der Waals surface area (Å²) in [5, 5.41) is 2.28.